The van der Waals surface area contributed by atoms with Gasteiger partial charge in [-0.25, -0.2) is 15.0 Å². The Labute approximate surface area is 394 Å². The van der Waals surface area contributed by atoms with Gasteiger partial charge in [-0.15, -0.1) is 0 Å². The first-order valence-electron chi connectivity index (χ1n) is 22.8. The lowest BCUT2D eigenvalue weighted by atomic mass is 9.88. The quantitative estimate of drug-likeness (QED) is 0.143. The van der Waals surface area contributed by atoms with Crippen LogP contribution in [0.5, 0.6) is 0 Å². The van der Waals surface area contributed by atoms with Crippen LogP contribution in [0.15, 0.2) is 243 Å². The summed E-state index contributed by atoms with van der Waals surface area (Å²) in [6.45, 7) is 0. The maximum Gasteiger partial charge on any atom is 0.164 e. The van der Waals surface area contributed by atoms with Gasteiger partial charge in [0.2, 0.25) is 0 Å². The van der Waals surface area contributed by atoms with Gasteiger partial charge in [0.05, 0.1) is 11.6 Å². The molecule has 11 aromatic carbocycles. The monoisotopic (exact) mass is 864 g/mol. The molecule has 0 aliphatic heterocycles. The molecule has 4 nitrogen and oxygen atoms in total. The van der Waals surface area contributed by atoms with Gasteiger partial charge >= 0.3 is 0 Å². The minimum absolute atomic E-state index is 0.573. The Kier molecular flexibility index (Phi) is 10.2. The minimum atomic E-state index is 0.573. The Morgan fingerprint density at radius 2 is 0.721 bits per heavy atom. The number of nitrogens with zero attached hydrogens (tertiary/aromatic N) is 4. The van der Waals surface area contributed by atoms with Crippen molar-refractivity contribution in [2.45, 2.75) is 0 Å². The highest BCUT2D eigenvalue weighted by atomic mass is 15.0. The molecule has 0 amide bonds. The van der Waals surface area contributed by atoms with E-state index >= 15 is 0 Å². The number of hydrogen-bond acceptors (Lipinski definition) is 4. The smallest absolute Gasteiger partial charge is 0.164 e. The van der Waals surface area contributed by atoms with Crippen LogP contribution in [0.4, 0.5) is 0 Å². The largest absolute Gasteiger partial charge is 0.208 e. The second-order valence-electron chi connectivity index (χ2n) is 17.0. The molecule has 0 unspecified atom stereocenters. The molecule has 0 saturated heterocycles. The molecule has 0 aliphatic carbocycles. The summed E-state index contributed by atoms with van der Waals surface area (Å²) in [5.41, 5.74) is 14.1. The highest BCUT2D eigenvalue weighted by molar-refractivity contribution is 6.15. The van der Waals surface area contributed by atoms with E-state index in [2.05, 4.69) is 200 Å². The first-order valence-corrected chi connectivity index (χ1v) is 22.8. The predicted molar refractivity (Wildman–Crippen MR) is 281 cm³/mol. The third-order valence-corrected chi connectivity index (χ3v) is 13.0. The van der Waals surface area contributed by atoms with Crippen molar-refractivity contribution in [1.82, 2.24) is 15.0 Å². The van der Waals surface area contributed by atoms with E-state index in [1.807, 2.05) is 48.5 Å². The maximum atomic E-state index is 10.1. The van der Waals surface area contributed by atoms with Crippen LogP contribution in [-0.4, -0.2) is 15.0 Å². The van der Waals surface area contributed by atoms with Gasteiger partial charge in [-0.1, -0.05) is 218 Å². The first kappa shape index (κ1) is 40.2. The fraction of sp³-hybridized carbons (Fsp3) is 0. The summed E-state index contributed by atoms with van der Waals surface area (Å²) in [5, 5.41) is 17.5. The Bertz CT molecular complexity index is 3920. The van der Waals surface area contributed by atoms with Gasteiger partial charge in [0.25, 0.3) is 0 Å². The second kappa shape index (κ2) is 17.2. The summed E-state index contributed by atoms with van der Waals surface area (Å²) in [6, 6.07) is 87.1. The third kappa shape index (κ3) is 7.45. The summed E-state index contributed by atoms with van der Waals surface area (Å²) in [5.74, 6) is 1.76. The van der Waals surface area contributed by atoms with Crippen LogP contribution < -0.4 is 0 Å². The average molecular weight is 865 g/mol. The van der Waals surface area contributed by atoms with Gasteiger partial charge in [-0.3, -0.25) is 0 Å². The highest BCUT2D eigenvalue weighted by Gasteiger charge is 2.17. The molecule has 0 aliphatic rings. The summed E-state index contributed by atoms with van der Waals surface area (Å²) < 4.78 is 0. The zero-order chi connectivity index (χ0) is 45.4. The summed E-state index contributed by atoms with van der Waals surface area (Å²) >= 11 is 0. The zero-order valence-electron chi connectivity index (χ0n) is 36.9. The topological polar surface area (TPSA) is 62.5 Å². The van der Waals surface area contributed by atoms with Crippen molar-refractivity contribution in [3.8, 4) is 95.9 Å². The van der Waals surface area contributed by atoms with Crippen molar-refractivity contribution < 1.29 is 0 Å². The molecule has 0 saturated carbocycles. The third-order valence-electron chi connectivity index (χ3n) is 13.0. The molecule has 68 heavy (non-hydrogen) atoms. The molecule has 1 aromatic heterocycles. The molecule has 0 spiro atoms. The highest BCUT2D eigenvalue weighted by Crippen LogP contribution is 2.41. The molecular formula is C64H40N4. The summed E-state index contributed by atoms with van der Waals surface area (Å²) in [7, 11) is 0. The van der Waals surface area contributed by atoms with Crippen molar-refractivity contribution in [2.75, 3.05) is 0 Å². The lowest BCUT2D eigenvalue weighted by molar-refractivity contribution is 1.07. The maximum absolute atomic E-state index is 10.1. The van der Waals surface area contributed by atoms with Gasteiger partial charge in [0.15, 0.2) is 17.5 Å². The number of hydrogen-bond donors (Lipinski definition) is 0. The van der Waals surface area contributed by atoms with E-state index < -0.39 is 0 Å². The number of benzene rings is 11. The molecule has 0 N–H and O–H groups in total. The molecule has 4 heteroatoms. The van der Waals surface area contributed by atoms with Crippen LogP contribution in [0, 0.1) is 11.3 Å². The molecule has 0 atom stereocenters. The summed E-state index contributed by atoms with van der Waals surface area (Å²) in [6.07, 6.45) is 0. The fourth-order valence-corrected chi connectivity index (χ4v) is 9.67. The Morgan fingerprint density at radius 3 is 1.43 bits per heavy atom. The SMILES string of the molecule is N#Cc1ccc(-c2cccc(-c3nc(-c4ccccc4)nc(-c4cccc(-c5cccc6ccccc56)c4)n3)c2)c(-c2ccc(-c3ccccc3-c3cccc4ccc5ccccc5c34)cc2)c1. The van der Waals surface area contributed by atoms with Crippen LogP contribution in [0.1, 0.15) is 5.56 Å². The van der Waals surface area contributed by atoms with Gasteiger partial charge in [-0.05, 0) is 112 Å². The number of aromatic nitrogens is 3. The number of rotatable bonds is 8. The Hall–Kier alpha value is -9.30. The van der Waals surface area contributed by atoms with Crippen LogP contribution in [0.2, 0.25) is 0 Å². The molecule has 0 fully saturated rings. The molecule has 316 valence electrons. The van der Waals surface area contributed by atoms with Crippen molar-refractivity contribution in [3.05, 3.63) is 248 Å². The first-order chi connectivity index (χ1) is 33.6. The Morgan fingerprint density at radius 1 is 0.265 bits per heavy atom. The predicted octanol–water partition coefficient (Wildman–Crippen LogP) is 16.5. The van der Waals surface area contributed by atoms with E-state index in [1.165, 1.54) is 43.4 Å². The van der Waals surface area contributed by atoms with Gasteiger partial charge in [0, 0.05) is 16.7 Å². The van der Waals surface area contributed by atoms with E-state index in [-0.39, 0.29) is 0 Å². The fourth-order valence-electron chi connectivity index (χ4n) is 9.67. The molecule has 12 aromatic rings. The molecule has 0 bridgehead atoms. The van der Waals surface area contributed by atoms with Crippen LogP contribution >= 0.6 is 0 Å². The van der Waals surface area contributed by atoms with E-state index in [4.69, 9.17) is 15.0 Å². The second-order valence-corrected chi connectivity index (χ2v) is 17.0. The van der Waals surface area contributed by atoms with Gasteiger partial charge in [-0.2, -0.15) is 5.26 Å². The molecular weight excluding hydrogens is 825 g/mol. The van der Waals surface area contributed by atoms with E-state index in [9.17, 15) is 5.26 Å². The lowest BCUT2D eigenvalue weighted by Gasteiger charge is -2.16. The zero-order valence-corrected chi connectivity index (χ0v) is 36.9. The lowest BCUT2D eigenvalue weighted by Crippen LogP contribution is -2.00. The standard InChI is InChI=1S/C64H40N4/c65-41-42-30-37-56(60(38-42)46-33-31-45(32-34-46)54-25-8-9-27-58(54)59-29-13-19-47-36-35-44-15-5-7-26-57(44)61(47)59)50-21-11-23-52(40-50)64-67-62(48-16-2-1-3-17-48)66-63(68-64)51-22-10-20-49(39-51)55-28-12-18-43-14-4-6-24-53(43)55/h1-40H. The Balaban J connectivity index is 0.931. The van der Waals surface area contributed by atoms with Gasteiger partial charge < -0.3 is 0 Å². The van der Waals surface area contributed by atoms with Crippen molar-refractivity contribution in [2.24, 2.45) is 0 Å². The number of nitriles is 1. The van der Waals surface area contributed by atoms with Crippen molar-refractivity contribution in [1.29, 1.82) is 5.26 Å². The van der Waals surface area contributed by atoms with E-state index in [1.54, 1.807) is 0 Å². The van der Waals surface area contributed by atoms with Crippen LogP contribution in [0.3, 0.4) is 0 Å². The molecule has 12 rings (SSSR count). The minimum Gasteiger partial charge on any atom is -0.208 e. The summed E-state index contributed by atoms with van der Waals surface area (Å²) in [4.78, 5) is 15.3. The van der Waals surface area contributed by atoms with Crippen LogP contribution in [-0.2, 0) is 0 Å². The van der Waals surface area contributed by atoms with E-state index in [0.29, 0.717) is 23.0 Å². The number of fused-ring (bicyclic) bond motifs is 4. The molecule has 0 radical (unpaired) electrons. The van der Waals surface area contributed by atoms with Crippen LogP contribution in [0.25, 0.3) is 122 Å². The van der Waals surface area contributed by atoms with Crippen molar-refractivity contribution >= 4 is 32.3 Å². The molecule has 1 heterocycles. The van der Waals surface area contributed by atoms with Crippen molar-refractivity contribution in [3.63, 3.8) is 0 Å². The van der Waals surface area contributed by atoms with E-state index in [0.717, 1.165) is 61.2 Å². The van der Waals surface area contributed by atoms with Gasteiger partial charge in [0.1, 0.15) is 0 Å². The average Bonchev–Trinajstić information content (AvgIpc) is 3.42. The normalized spacial score (nSPS) is 11.2.